The van der Waals surface area contributed by atoms with Crippen molar-refractivity contribution in [2.45, 2.75) is 6.42 Å². The number of hydrogen-bond acceptors (Lipinski definition) is 3. The van der Waals surface area contributed by atoms with E-state index in [-0.39, 0.29) is 6.42 Å². The van der Waals surface area contributed by atoms with Gasteiger partial charge in [0, 0.05) is 6.42 Å². The molecule has 18 heavy (non-hydrogen) atoms. The van der Waals surface area contributed by atoms with E-state index in [2.05, 4.69) is 0 Å². The highest BCUT2D eigenvalue weighted by Crippen LogP contribution is 2.14. The third-order valence-electron chi connectivity index (χ3n) is 2.49. The molecule has 0 amide bonds. The van der Waals surface area contributed by atoms with Crippen LogP contribution in [0.1, 0.15) is 15.9 Å². The topological polar surface area (TPSA) is 43.4 Å². The van der Waals surface area contributed by atoms with Gasteiger partial charge in [-0.2, -0.15) is 0 Å². The van der Waals surface area contributed by atoms with Crippen molar-refractivity contribution in [3.8, 4) is 5.75 Å². The summed E-state index contributed by atoms with van der Waals surface area (Å²) in [5.74, 6) is 0.0436. The fourth-order valence-electron chi connectivity index (χ4n) is 1.64. The second kappa shape index (κ2) is 5.77. The van der Waals surface area contributed by atoms with Crippen LogP contribution in [0.3, 0.4) is 0 Å². The Morgan fingerprint density at radius 3 is 2.39 bits per heavy atom. The molecular weight excluding hydrogens is 228 g/mol. The van der Waals surface area contributed by atoms with Crippen molar-refractivity contribution in [3.05, 3.63) is 65.7 Å². The maximum Gasteiger partial charge on any atom is 0.343 e. The predicted molar refractivity (Wildman–Crippen MR) is 67.6 cm³/mol. The van der Waals surface area contributed by atoms with Crippen molar-refractivity contribution < 1.29 is 14.3 Å². The van der Waals surface area contributed by atoms with Gasteiger partial charge in [-0.1, -0.05) is 36.4 Å². The summed E-state index contributed by atoms with van der Waals surface area (Å²) >= 11 is 0. The van der Waals surface area contributed by atoms with Gasteiger partial charge in [0.2, 0.25) is 0 Å². The first-order valence-corrected chi connectivity index (χ1v) is 5.60. The van der Waals surface area contributed by atoms with E-state index in [1.807, 2.05) is 6.07 Å². The smallest absolute Gasteiger partial charge is 0.343 e. The summed E-state index contributed by atoms with van der Waals surface area (Å²) in [6.07, 6.45) is 0.981. The van der Waals surface area contributed by atoms with Gasteiger partial charge in [-0.25, -0.2) is 4.79 Å². The maximum atomic E-state index is 12.0. The minimum Gasteiger partial charge on any atom is -0.423 e. The number of esters is 1. The number of benzene rings is 2. The molecule has 2 rings (SSSR count). The molecule has 0 atom stereocenters. The Kier molecular flexibility index (Phi) is 3.86. The number of carbonyl (C=O) groups is 2. The van der Waals surface area contributed by atoms with Crippen LogP contribution in [0, 0.1) is 0 Å². The van der Waals surface area contributed by atoms with Crippen molar-refractivity contribution >= 4 is 12.3 Å². The molecule has 3 nitrogen and oxygen atoms in total. The van der Waals surface area contributed by atoms with Gasteiger partial charge in [-0.3, -0.25) is 0 Å². The third-order valence-corrected chi connectivity index (χ3v) is 2.49. The monoisotopic (exact) mass is 240 g/mol. The van der Waals surface area contributed by atoms with Crippen LogP contribution in [-0.2, 0) is 11.2 Å². The number of rotatable bonds is 4. The van der Waals surface area contributed by atoms with Gasteiger partial charge >= 0.3 is 5.97 Å². The summed E-state index contributed by atoms with van der Waals surface area (Å²) in [6.45, 7) is 0. The van der Waals surface area contributed by atoms with Crippen LogP contribution in [0.5, 0.6) is 5.75 Å². The summed E-state index contributed by atoms with van der Waals surface area (Å²) in [6, 6.07) is 15.8. The standard InChI is InChI=1S/C15H12O3/c16-11-10-12-6-4-5-9-14(12)15(17)18-13-7-2-1-3-8-13/h1-9,11H,10H2. The van der Waals surface area contributed by atoms with Crippen LogP contribution in [0.4, 0.5) is 0 Å². The molecule has 0 N–H and O–H groups in total. The third kappa shape index (κ3) is 2.83. The van der Waals surface area contributed by atoms with Gasteiger partial charge in [0.25, 0.3) is 0 Å². The van der Waals surface area contributed by atoms with Crippen molar-refractivity contribution in [2.24, 2.45) is 0 Å². The Labute approximate surface area is 105 Å². The molecule has 90 valence electrons. The van der Waals surface area contributed by atoms with Gasteiger partial charge in [0.1, 0.15) is 12.0 Å². The van der Waals surface area contributed by atoms with E-state index in [1.54, 1.807) is 48.5 Å². The van der Waals surface area contributed by atoms with E-state index in [0.29, 0.717) is 16.9 Å². The lowest BCUT2D eigenvalue weighted by Gasteiger charge is -2.07. The maximum absolute atomic E-state index is 12.0. The summed E-state index contributed by atoms with van der Waals surface area (Å²) in [7, 11) is 0. The molecule has 0 aliphatic heterocycles. The molecule has 0 aromatic heterocycles. The fraction of sp³-hybridized carbons (Fsp3) is 0.0667. The van der Waals surface area contributed by atoms with E-state index < -0.39 is 5.97 Å². The molecule has 0 radical (unpaired) electrons. The largest absolute Gasteiger partial charge is 0.423 e. The molecule has 0 bridgehead atoms. The number of hydrogen-bond donors (Lipinski definition) is 0. The van der Waals surface area contributed by atoms with Gasteiger partial charge < -0.3 is 9.53 Å². The highest BCUT2D eigenvalue weighted by Gasteiger charge is 2.12. The van der Waals surface area contributed by atoms with Gasteiger partial charge in [-0.15, -0.1) is 0 Å². The van der Waals surface area contributed by atoms with Crippen LogP contribution in [0.25, 0.3) is 0 Å². The summed E-state index contributed by atoms with van der Waals surface area (Å²) < 4.78 is 5.23. The first-order valence-electron chi connectivity index (χ1n) is 5.60. The Morgan fingerprint density at radius 1 is 1.00 bits per heavy atom. The first-order chi connectivity index (χ1) is 8.81. The number of aldehydes is 1. The minimum absolute atomic E-state index is 0.208. The average Bonchev–Trinajstić information content (AvgIpc) is 2.41. The normalized spacial score (nSPS) is 9.78. The lowest BCUT2D eigenvalue weighted by Crippen LogP contribution is -2.11. The first kappa shape index (κ1) is 12.0. The van der Waals surface area contributed by atoms with E-state index in [4.69, 9.17) is 4.74 Å². The molecular formula is C15H12O3. The zero-order valence-corrected chi connectivity index (χ0v) is 9.71. The van der Waals surface area contributed by atoms with Crippen molar-refractivity contribution in [1.29, 1.82) is 0 Å². The lowest BCUT2D eigenvalue weighted by molar-refractivity contribution is -0.107. The van der Waals surface area contributed by atoms with Crippen LogP contribution >= 0.6 is 0 Å². The van der Waals surface area contributed by atoms with Gasteiger partial charge in [0.15, 0.2) is 0 Å². The van der Waals surface area contributed by atoms with Crippen molar-refractivity contribution in [2.75, 3.05) is 0 Å². The average molecular weight is 240 g/mol. The second-order valence-corrected chi connectivity index (χ2v) is 3.73. The van der Waals surface area contributed by atoms with E-state index in [0.717, 1.165) is 6.29 Å². The summed E-state index contributed by atoms with van der Waals surface area (Å²) in [4.78, 5) is 22.5. The molecule has 0 fully saturated rings. The molecule has 0 spiro atoms. The molecule has 2 aromatic carbocycles. The Bertz CT molecular complexity index is 547. The zero-order valence-electron chi connectivity index (χ0n) is 9.71. The molecule has 0 aliphatic carbocycles. The van der Waals surface area contributed by atoms with E-state index in [1.165, 1.54) is 0 Å². The predicted octanol–water partition coefficient (Wildman–Crippen LogP) is 2.65. The number of ether oxygens (including phenoxy) is 1. The molecule has 0 aliphatic rings. The van der Waals surface area contributed by atoms with Crippen LogP contribution in [0.15, 0.2) is 54.6 Å². The highest BCUT2D eigenvalue weighted by atomic mass is 16.5. The highest BCUT2D eigenvalue weighted by molar-refractivity contribution is 5.93. The van der Waals surface area contributed by atoms with Crippen LogP contribution in [0.2, 0.25) is 0 Å². The van der Waals surface area contributed by atoms with Gasteiger partial charge in [-0.05, 0) is 23.8 Å². The molecule has 2 aromatic rings. The van der Waals surface area contributed by atoms with Gasteiger partial charge in [0.05, 0.1) is 5.56 Å². The zero-order chi connectivity index (χ0) is 12.8. The molecule has 0 saturated heterocycles. The van der Waals surface area contributed by atoms with E-state index in [9.17, 15) is 9.59 Å². The lowest BCUT2D eigenvalue weighted by atomic mass is 10.1. The second-order valence-electron chi connectivity index (χ2n) is 3.73. The number of para-hydroxylation sites is 1. The Hall–Kier alpha value is -2.42. The summed E-state index contributed by atoms with van der Waals surface area (Å²) in [5.41, 5.74) is 1.10. The van der Waals surface area contributed by atoms with Crippen LogP contribution < -0.4 is 4.74 Å². The van der Waals surface area contributed by atoms with Crippen molar-refractivity contribution in [3.63, 3.8) is 0 Å². The van der Waals surface area contributed by atoms with Crippen molar-refractivity contribution in [1.82, 2.24) is 0 Å². The Morgan fingerprint density at radius 2 is 1.67 bits per heavy atom. The summed E-state index contributed by atoms with van der Waals surface area (Å²) in [5, 5.41) is 0. The fourth-order valence-corrected chi connectivity index (χ4v) is 1.64. The minimum atomic E-state index is -0.446. The molecule has 0 heterocycles. The van der Waals surface area contributed by atoms with Crippen LogP contribution in [-0.4, -0.2) is 12.3 Å². The molecule has 0 unspecified atom stereocenters. The Balaban J connectivity index is 2.21. The van der Waals surface area contributed by atoms with E-state index >= 15 is 0 Å². The quantitative estimate of drug-likeness (QED) is 0.469. The molecule has 3 heteroatoms. The molecule has 0 saturated carbocycles. The SMILES string of the molecule is O=CCc1ccccc1C(=O)Oc1ccccc1. The number of carbonyl (C=O) groups excluding carboxylic acids is 2.